The van der Waals surface area contributed by atoms with Crippen molar-refractivity contribution in [1.82, 2.24) is 9.78 Å². The molecule has 0 aliphatic rings. The molecule has 0 saturated carbocycles. The van der Waals surface area contributed by atoms with Crippen molar-refractivity contribution < 1.29 is 9.59 Å². The second-order valence-corrected chi connectivity index (χ2v) is 6.18. The first-order valence-corrected chi connectivity index (χ1v) is 8.19. The first kappa shape index (κ1) is 18.0. The Morgan fingerprint density at radius 1 is 1.04 bits per heavy atom. The predicted octanol–water partition coefficient (Wildman–Crippen LogP) is 2.19. The van der Waals surface area contributed by atoms with Crippen molar-refractivity contribution in [2.24, 2.45) is 11.5 Å². The number of nitrogens with two attached hydrogens (primary N) is 2. The molecule has 0 saturated heterocycles. The van der Waals surface area contributed by atoms with Crippen LogP contribution < -0.4 is 21.7 Å². The van der Waals surface area contributed by atoms with E-state index >= 15 is 0 Å². The number of rotatable bonds is 5. The fourth-order valence-corrected chi connectivity index (χ4v) is 2.69. The number of primary amides is 2. The van der Waals surface area contributed by atoms with Gasteiger partial charge in [-0.3, -0.25) is 4.79 Å². The number of aromatic nitrogens is 2. The van der Waals surface area contributed by atoms with Crippen molar-refractivity contribution in [3.63, 3.8) is 0 Å². The Labute approximate surface area is 156 Å². The van der Waals surface area contributed by atoms with E-state index in [0.29, 0.717) is 5.69 Å². The maximum atomic E-state index is 11.6. The van der Waals surface area contributed by atoms with Crippen molar-refractivity contribution in [3.8, 4) is 16.8 Å². The SMILES string of the molecule is CN(C)c1ccc(-c2cccc(-n3cc(NC(N)=O)c(C(N)=O)n3)c2)cc1. The summed E-state index contributed by atoms with van der Waals surface area (Å²) in [6.45, 7) is 0. The van der Waals surface area contributed by atoms with Gasteiger partial charge in [-0.2, -0.15) is 5.10 Å². The second-order valence-electron chi connectivity index (χ2n) is 6.18. The minimum Gasteiger partial charge on any atom is -0.378 e. The molecular weight excluding hydrogens is 344 g/mol. The summed E-state index contributed by atoms with van der Waals surface area (Å²) in [6.07, 6.45) is 1.50. The van der Waals surface area contributed by atoms with Crippen LogP contribution in [0.1, 0.15) is 10.5 Å². The number of carbonyl (C=O) groups is 2. The number of carbonyl (C=O) groups excluding carboxylic acids is 2. The van der Waals surface area contributed by atoms with Crippen LogP contribution in [0.15, 0.2) is 54.7 Å². The Kier molecular flexibility index (Phi) is 4.80. The van der Waals surface area contributed by atoms with Crippen LogP contribution in [0.5, 0.6) is 0 Å². The van der Waals surface area contributed by atoms with Crippen molar-refractivity contribution in [3.05, 3.63) is 60.4 Å². The molecule has 0 aliphatic heterocycles. The molecule has 27 heavy (non-hydrogen) atoms. The molecular formula is C19H20N6O2. The van der Waals surface area contributed by atoms with Crippen molar-refractivity contribution in [2.45, 2.75) is 0 Å². The number of urea groups is 1. The van der Waals surface area contributed by atoms with Gasteiger partial charge in [-0.1, -0.05) is 24.3 Å². The summed E-state index contributed by atoms with van der Waals surface area (Å²) in [5.41, 5.74) is 14.4. The smallest absolute Gasteiger partial charge is 0.316 e. The third kappa shape index (κ3) is 3.90. The van der Waals surface area contributed by atoms with Crippen LogP contribution >= 0.6 is 0 Å². The Hall–Kier alpha value is -3.81. The molecule has 1 heterocycles. The summed E-state index contributed by atoms with van der Waals surface area (Å²) < 4.78 is 1.48. The van der Waals surface area contributed by atoms with E-state index in [1.807, 2.05) is 67.5 Å². The van der Waals surface area contributed by atoms with Crippen LogP contribution in [0.3, 0.4) is 0 Å². The number of benzene rings is 2. The lowest BCUT2D eigenvalue weighted by Gasteiger charge is -2.13. The van der Waals surface area contributed by atoms with Crippen LogP contribution in [0.25, 0.3) is 16.8 Å². The molecule has 8 nitrogen and oxygen atoms in total. The average Bonchev–Trinajstić information content (AvgIpc) is 3.05. The van der Waals surface area contributed by atoms with Gasteiger partial charge < -0.3 is 21.7 Å². The zero-order valence-corrected chi connectivity index (χ0v) is 15.0. The predicted molar refractivity (Wildman–Crippen MR) is 105 cm³/mol. The Morgan fingerprint density at radius 2 is 1.74 bits per heavy atom. The number of nitrogens with zero attached hydrogens (tertiary/aromatic N) is 3. The highest BCUT2D eigenvalue weighted by molar-refractivity contribution is 6.00. The van der Waals surface area contributed by atoms with Gasteiger partial charge in [0.25, 0.3) is 5.91 Å². The van der Waals surface area contributed by atoms with Gasteiger partial charge in [0.1, 0.15) is 0 Å². The highest BCUT2D eigenvalue weighted by atomic mass is 16.2. The van der Waals surface area contributed by atoms with Gasteiger partial charge in [0.05, 0.1) is 17.6 Å². The third-order valence-electron chi connectivity index (χ3n) is 4.03. The molecule has 0 atom stereocenters. The summed E-state index contributed by atoms with van der Waals surface area (Å²) in [5, 5.41) is 6.53. The fourth-order valence-electron chi connectivity index (χ4n) is 2.69. The summed E-state index contributed by atoms with van der Waals surface area (Å²) >= 11 is 0. The van der Waals surface area contributed by atoms with E-state index in [1.165, 1.54) is 10.9 Å². The van der Waals surface area contributed by atoms with Gasteiger partial charge in [-0.15, -0.1) is 0 Å². The average molecular weight is 364 g/mol. The highest BCUT2D eigenvalue weighted by Crippen LogP contribution is 2.25. The molecule has 0 radical (unpaired) electrons. The largest absolute Gasteiger partial charge is 0.378 e. The van der Waals surface area contributed by atoms with E-state index in [2.05, 4.69) is 10.4 Å². The molecule has 1 aromatic heterocycles. The van der Waals surface area contributed by atoms with Gasteiger partial charge in [0.2, 0.25) is 0 Å². The molecule has 0 spiro atoms. The van der Waals surface area contributed by atoms with Gasteiger partial charge in [-0.25, -0.2) is 9.48 Å². The molecule has 0 unspecified atom stereocenters. The third-order valence-corrected chi connectivity index (χ3v) is 4.03. The monoisotopic (exact) mass is 364 g/mol. The van der Waals surface area contributed by atoms with Gasteiger partial charge in [0.15, 0.2) is 5.69 Å². The molecule has 2 aromatic carbocycles. The maximum Gasteiger partial charge on any atom is 0.316 e. The Bertz CT molecular complexity index is 992. The summed E-state index contributed by atoms with van der Waals surface area (Å²) in [5.74, 6) is -0.757. The van der Waals surface area contributed by atoms with Crippen molar-refractivity contribution in [2.75, 3.05) is 24.3 Å². The number of amides is 3. The van der Waals surface area contributed by atoms with Crippen LogP contribution in [0, 0.1) is 0 Å². The lowest BCUT2D eigenvalue weighted by atomic mass is 10.0. The Balaban J connectivity index is 1.98. The normalized spacial score (nSPS) is 10.4. The summed E-state index contributed by atoms with van der Waals surface area (Å²) in [4.78, 5) is 24.7. The molecule has 5 N–H and O–H groups in total. The summed E-state index contributed by atoms with van der Waals surface area (Å²) in [7, 11) is 3.97. The number of nitrogens with one attached hydrogen (secondary N) is 1. The summed E-state index contributed by atoms with van der Waals surface area (Å²) in [6, 6.07) is 15.0. The van der Waals surface area contributed by atoms with E-state index < -0.39 is 11.9 Å². The molecule has 3 rings (SSSR count). The number of hydrogen-bond acceptors (Lipinski definition) is 4. The maximum absolute atomic E-state index is 11.6. The first-order valence-electron chi connectivity index (χ1n) is 8.19. The molecule has 138 valence electrons. The van der Waals surface area contributed by atoms with E-state index in [9.17, 15) is 9.59 Å². The van der Waals surface area contributed by atoms with Crippen LogP contribution in [0.4, 0.5) is 16.2 Å². The van der Waals surface area contributed by atoms with E-state index in [0.717, 1.165) is 16.8 Å². The van der Waals surface area contributed by atoms with E-state index in [-0.39, 0.29) is 11.4 Å². The second kappa shape index (κ2) is 7.20. The molecule has 0 bridgehead atoms. The lowest BCUT2D eigenvalue weighted by Crippen LogP contribution is -2.22. The van der Waals surface area contributed by atoms with E-state index in [1.54, 1.807) is 0 Å². The van der Waals surface area contributed by atoms with Gasteiger partial charge in [-0.05, 0) is 35.4 Å². The topological polar surface area (TPSA) is 119 Å². The Morgan fingerprint density at radius 3 is 2.33 bits per heavy atom. The van der Waals surface area contributed by atoms with Crippen molar-refractivity contribution >= 4 is 23.3 Å². The molecule has 0 aliphatic carbocycles. The zero-order chi connectivity index (χ0) is 19.6. The van der Waals surface area contributed by atoms with Crippen LogP contribution in [-0.4, -0.2) is 35.8 Å². The van der Waals surface area contributed by atoms with Crippen molar-refractivity contribution in [1.29, 1.82) is 0 Å². The first-order chi connectivity index (χ1) is 12.8. The van der Waals surface area contributed by atoms with Gasteiger partial charge >= 0.3 is 6.03 Å². The lowest BCUT2D eigenvalue weighted by molar-refractivity contribution is 0.0996. The van der Waals surface area contributed by atoms with Crippen LogP contribution in [-0.2, 0) is 0 Å². The standard InChI is InChI=1S/C19H20N6O2/c1-24(2)14-8-6-12(7-9-14)13-4-3-5-15(10-13)25-11-16(22-19(21)27)17(23-25)18(20)26/h3-11H,1-2H3,(H2,20,26)(H3,21,22,27). The van der Waals surface area contributed by atoms with Crippen LogP contribution in [0.2, 0.25) is 0 Å². The molecule has 3 amide bonds. The highest BCUT2D eigenvalue weighted by Gasteiger charge is 2.16. The molecule has 0 fully saturated rings. The fraction of sp³-hybridized carbons (Fsp3) is 0.105. The zero-order valence-electron chi connectivity index (χ0n) is 15.0. The minimum atomic E-state index is -0.799. The minimum absolute atomic E-state index is 0.0606. The molecule has 3 aromatic rings. The number of hydrogen-bond donors (Lipinski definition) is 3. The van der Waals surface area contributed by atoms with Gasteiger partial charge in [0, 0.05) is 19.8 Å². The number of anilines is 2. The van der Waals surface area contributed by atoms with E-state index in [4.69, 9.17) is 11.5 Å². The molecule has 8 heteroatoms. The quantitative estimate of drug-likeness (QED) is 0.643.